The van der Waals surface area contributed by atoms with E-state index in [9.17, 15) is 14.7 Å². The molecule has 0 radical (unpaired) electrons. The van der Waals surface area contributed by atoms with E-state index in [1.54, 1.807) is 31.2 Å². The Balaban J connectivity index is 2.13. The van der Waals surface area contributed by atoms with Gasteiger partial charge in [0, 0.05) is 5.39 Å². The summed E-state index contributed by atoms with van der Waals surface area (Å²) in [4.78, 5) is 29.2. The first-order chi connectivity index (χ1) is 10.0. The predicted octanol–water partition coefficient (Wildman–Crippen LogP) is 2.32. The van der Waals surface area contributed by atoms with Gasteiger partial charge in [-0.25, -0.2) is 4.79 Å². The van der Waals surface area contributed by atoms with Crippen LogP contribution >= 0.6 is 0 Å². The highest BCUT2D eigenvalue weighted by atomic mass is 16.6. The first-order valence-corrected chi connectivity index (χ1v) is 6.05. The number of nitrogens with one attached hydrogen (secondary N) is 1. The van der Waals surface area contributed by atoms with Gasteiger partial charge in [-0.1, -0.05) is 18.2 Å². The number of carboxylic acid groups (broad SMARTS) is 1. The molecular formula is C14H10N2O5. The number of carboxylic acids is 1. The van der Waals surface area contributed by atoms with Crippen molar-refractivity contribution in [3.8, 4) is 11.8 Å². The summed E-state index contributed by atoms with van der Waals surface area (Å²) in [5.41, 5.74) is -0.123. The molecule has 7 heteroatoms. The van der Waals surface area contributed by atoms with Crippen LogP contribution in [0.2, 0.25) is 0 Å². The predicted molar refractivity (Wildman–Crippen MR) is 72.8 cm³/mol. The van der Waals surface area contributed by atoms with Crippen molar-refractivity contribution in [2.75, 3.05) is 0 Å². The van der Waals surface area contributed by atoms with Crippen LogP contribution in [0.1, 0.15) is 16.2 Å². The van der Waals surface area contributed by atoms with Crippen molar-refractivity contribution in [3.05, 3.63) is 52.1 Å². The highest BCUT2D eigenvalue weighted by Crippen LogP contribution is 2.33. The third-order valence-corrected chi connectivity index (χ3v) is 2.81. The summed E-state index contributed by atoms with van der Waals surface area (Å²) >= 11 is 0. The molecule has 2 aromatic heterocycles. The van der Waals surface area contributed by atoms with Crippen LogP contribution in [0.5, 0.6) is 11.8 Å². The van der Waals surface area contributed by atoms with E-state index < -0.39 is 11.5 Å². The smallest absolute Gasteiger partial charge is 0.343 e. The maximum Gasteiger partial charge on any atom is 0.343 e. The number of aromatic amines is 1. The van der Waals surface area contributed by atoms with Crippen LogP contribution in [0.3, 0.4) is 0 Å². The summed E-state index contributed by atoms with van der Waals surface area (Å²) in [6, 6.07) is 7.78. The summed E-state index contributed by atoms with van der Waals surface area (Å²) in [5, 5.41) is 9.73. The SMILES string of the molecule is Cc1nc(Oc2oc3ccccc3c2C(=O)O)cc(=O)[nH]1. The van der Waals surface area contributed by atoms with Crippen LogP contribution in [0, 0.1) is 6.92 Å². The fourth-order valence-corrected chi connectivity index (χ4v) is 2.00. The van der Waals surface area contributed by atoms with Gasteiger partial charge in [0.05, 0.1) is 6.07 Å². The second-order valence-electron chi connectivity index (χ2n) is 4.34. The molecule has 1 aromatic carbocycles. The van der Waals surface area contributed by atoms with Gasteiger partial charge in [0.1, 0.15) is 11.4 Å². The molecule has 0 fully saturated rings. The number of hydrogen-bond acceptors (Lipinski definition) is 5. The van der Waals surface area contributed by atoms with E-state index in [1.807, 2.05) is 0 Å². The van der Waals surface area contributed by atoms with Crippen molar-refractivity contribution in [2.24, 2.45) is 0 Å². The molecule has 0 saturated carbocycles. The number of nitrogens with zero attached hydrogens (tertiary/aromatic N) is 1. The number of hydrogen-bond donors (Lipinski definition) is 2. The van der Waals surface area contributed by atoms with E-state index in [0.29, 0.717) is 16.8 Å². The monoisotopic (exact) mass is 286 g/mol. The van der Waals surface area contributed by atoms with Gasteiger partial charge in [-0.2, -0.15) is 4.98 Å². The zero-order valence-corrected chi connectivity index (χ0v) is 10.9. The van der Waals surface area contributed by atoms with E-state index in [-0.39, 0.29) is 17.4 Å². The van der Waals surface area contributed by atoms with Crippen LogP contribution in [0.25, 0.3) is 11.0 Å². The van der Waals surface area contributed by atoms with Crippen molar-refractivity contribution in [2.45, 2.75) is 6.92 Å². The number of H-pyrrole nitrogens is 1. The lowest BCUT2D eigenvalue weighted by Crippen LogP contribution is -2.08. The Morgan fingerprint density at radius 1 is 1.38 bits per heavy atom. The number of aryl methyl sites for hydroxylation is 1. The Morgan fingerprint density at radius 3 is 2.86 bits per heavy atom. The number of carbonyl (C=O) groups is 1. The topological polar surface area (TPSA) is 105 Å². The lowest BCUT2D eigenvalue weighted by atomic mass is 10.2. The minimum atomic E-state index is -1.18. The van der Waals surface area contributed by atoms with Crippen LogP contribution in [0.15, 0.2) is 39.5 Å². The summed E-state index contributed by atoms with van der Waals surface area (Å²) in [7, 11) is 0. The van der Waals surface area contributed by atoms with Gasteiger partial charge in [-0.3, -0.25) is 4.79 Å². The Kier molecular flexibility index (Phi) is 2.94. The molecule has 0 amide bonds. The number of rotatable bonds is 3. The average molecular weight is 286 g/mol. The quantitative estimate of drug-likeness (QED) is 0.765. The number of ether oxygens (including phenoxy) is 1. The molecule has 0 bridgehead atoms. The minimum absolute atomic E-state index is 0.0298. The number of fused-ring (bicyclic) bond motifs is 1. The lowest BCUT2D eigenvalue weighted by molar-refractivity contribution is 0.0694. The van der Waals surface area contributed by atoms with Gasteiger partial charge in [0.2, 0.25) is 5.88 Å². The zero-order valence-electron chi connectivity index (χ0n) is 10.9. The molecule has 0 atom stereocenters. The molecule has 0 aliphatic carbocycles. The minimum Gasteiger partial charge on any atom is -0.477 e. The van der Waals surface area contributed by atoms with Gasteiger partial charge >= 0.3 is 11.9 Å². The highest BCUT2D eigenvalue weighted by molar-refractivity contribution is 6.04. The summed E-state index contributed by atoms with van der Waals surface area (Å²) in [6.07, 6.45) is 0. The second-order valence-corrected chi connectivity index (χ2v) is 4.34. The van der Waals surface area contributed by atoms with Crippen molar-refractivity contribution in [3.63, 3.8) is 0 Å². The molecule has 2 heterocycles. The van der Waals surface area contributed by atoms with Crippen molar-refractivity contribution >= 4 is 16.9 Å². The Labute approximate surface area is 117 Å². The molecule has 3 aromatic rings. The number of aromatic nitrogens is 2. The van der Waals surface area contributed by atoms with Crippen molar-refractivity contribution < 1.29 is 19.1 Å². The van der Waals surface area contributed by atoms with Crippen molar-refractivity contribution in [1.29, 1.82) is 0 Å². The number of furan rings is 1. The third-order valence-electron chi connectivity index (χ3n) is 2.81. The summed E-state index contributed by atoms with van der Waals surface area (Å²) in [5.74, 6) is -1.07. The first-order valence-electron chi connectivity index (χ1n) is 6.05. The number of para-hydroxylation sites is 1. The van der Waals surface area contributed by atoms with E-state index in [4.69, 9.17) is 9.15 Å². The standard InChI is InChI=1S/C14H10N2O5/c1-7-15-10(17)6-11(16-7)21-14-12(13(18)19)8-4-2-3-5-9(8)20-14/h2-6H,1H3,(H,18,19)(H,15,16,17). The zero-order chi connectivity index (χ0) is 15.0. The third kappa shape index (κ3) is 2.36. The molecule has 0 aliphatic rings. The fraction of sp³-hybridized carbons (Fsp3) is 0.0714. The Morgan fingerprint density at radius 2 is 2.14 bits per heavy atom. The first kappa shape index (κ1) is 12.9. The fourth-order valence-electron chi connectivity index (χ4n) is 2.00. The van der Waals surface area contributed by atoms with Crippen molar-refractivity contribution in [1.82, 2.24) is 9.97 Å². The Hall–Kier alpha value is -3.09. The van der Waals surface area contributed by atoms with Crippen LogP contribution < -0.4 is 10.3 Å². The van der Waals surface area contributed by atoms with E-state index in [0.717, 1.165) is 6.07 Å². The molecule has 0 unspecified atom stereocenters. The van der Waals surface area contributed by atoms with E-state index in [2.05, 4.69) is 9.97 Å². The van der Waals surface area contributed by atoms with Gasteiger partial charge < -0.3 is 19.2 Å². The lowest BCUT2D eigenvalue weighted by Gasteiger charge is -2.02. The normalized spacial score (nSPS) is 10.7. The molecule has 21 heavy (non-hydrogen) atoms. The van der Waals surface area contributed by atoms with Crippen LogP contribution in [0.4, 0.5) is 0 Å². The Bertz CT molecular complexity index is 894. The summed E-state index contributed by atoms with van der Waals surface area (Å²) in [6.45, 7) is 1.59. The molecule has 7 nitrogen and oxygen atoms in total. The molecular weight excluding hydrogens is 276 g/mol. The number of benzene rings is 1. The summed E-state index contributed by atoms with van der Waals surface area (Å²) < 4.78 is 10.7. The number of aromatic carboxylic acids is 1. The van der Waals surface area contributed by atoms with Gasteiger partial charge in [0.15, 0.2) is 5.56 Å². The molecule has 0 spiro atoms. The van der Waals surface area contributed by atoms with E-state index in [1.165, 1.54) is 0 Å². The van der Waals surface area contributed by atoms with E-state index >= 15 is 0 Å². The van der Waals surface area contributed by atoms with Crippen LogP contribution in [-0.2, 0) is 0 Å². The molecule has 106 valence electrons. The second kappa shape index (κ2) is 4.78. The van der Waals surface area contributed by atoms with Crippen LogP contribution in [-0.4, -0.2) is 21.0 Å². The highest BCUT2D eigenvalue weighted by Gasteiger charge is 2.22. The average Bonchev–Trinajstić information content (AvgIpc) is 2.75. The molecule has 0 saturated heterocycles. The molecule has 2 N–H and O–H groups in total. The molecule has 3 rings (SSSR count). The van der Waals surface area contributed by atoms with Gasteiger partial charge in [-0.15, -0.1) is 0 Å². The van der Waals surface area contributed by atoms with Gasteiger partial charge in [-0.05, 0) is 13.0 Å². The largest absolute Gasteiger partial charge is 0.477 e. The maximum atomic E-state index is 11.4. The maximum absolute atomic E-state index is 11.4. The van der Waals surface area contributed by atoms with Gasteiger partial charge in [0.25, 0.3) is 5.56 Å². The molecule has 0 aliphatic heterocycles.